The first-order valence-electron chi connectivity index (χ1n) is 8.03. The third kappa shape index (κ3) is 7.49. The second-order valence-corrected chi connectivity index (χ2v) is 6.30. The highest BCUT2D eigenvalue weighted by Crippen LogP contribution is 2.17. The lowest BCUT2D eigenvalue weighted by molar-refractivity contribution is 0.0187. The van der Waals surface area contributed by atoms with Gasteiger partial charge in [-0.1, -0.05) is 45.9 Å². The van der Waals surface area contributed by atoms with Gasteiger partial charge in [0.05, 0.1) is 12.7 Å². The number of para-hydroxylation sites is 1. The van der Waals surface area contributed by atoms with Crippen LogP contribution in [0.15, 0.2) is 24.3 Å². The summed E-state index contributed by atoms with van der Waals surface area (Å²) in [4.78, 5) is 0. The number of hydrogen-bond donors (Lipinski definition) is 1. The van der Waals surface area contributed by atoms with E-state index < -0.39 is 0 Å². The molecule has 120 valence electrons. The monoisotopic (exact) mass is 293 g/mol. The molecule has 1 aromatic carbocycles. The van der Waals surface area contributed by atoms with Gasteiger partial charge in [0.2, 0.25) is 0 Å². The van der Waals surface area contributed by atoms with Crippen LogP contribution in [0.1, 0.15) is 40.2 Å². The number of benzene rings is 1. The van der Waals surface area contributed by atoms with Crippen molar-refractivity contribution >= 4 is 0 Å². The summed E-state index contributed by atoms with van der Waals surface area (Å²) in [6, 6.07) is 8.20. The van der Waals surface area contributed by atoms with Crippen molar-refractivity contribution in [2.45, 2.75) is 47.3 Å². The Morgan fingerprint density at radius 1 is 1.00 bits per heavy atom. The van der Waals surface area contributed by atoms with Crippen LogP contribution in [0.3, 0.4) is 0 Å². The zero-order valence-corrected chi connectivity index (χ0v) is 14.2. The van der Waals surface area contributed by atoms with Gasteiger partial charge in [-0.25, -0.2) is 0 Å². The summed E-state index contributed by atoms with van der Waals surface area (Å²) in [5, 5.41) is 3.45. The third-order valence-electron chi connectivity index (χ3n) is 3.50. The van der Waals surface area contributed by atoms with E-state index in [4.69, 9.17) is 9.47 Å². The quantitative estimate of drug-likeness (QED) is 0.664. The predicted octanol–water partition coefficient (Wildman–Crippen LogP) is 3.87. The minimum Gasteiger partial charge on any atom is -0.491 e. The maximum absolute atomic E-state index is 5.86. The summed E-state index contributed by atoms with van der Waals surface area (Å²) in [5.74, 6) is 2.15. The molecule has 0 spiro atoms. The summed E-state index contributed by atoms with van der Waals surface area (Å²) < 4.78 is 11.6. The predicted molar refractivity (Wildman–Crippen MR) is 88.7 cm³/mol. The van der Waals surface area contributed by atoms with Crippen LogP contribution < -0.4 is 10.1 Å². The van der Waals surface area contributed by atoms with E-state index in [1.165, 1.54) is 5.56 Å². The summed E-state index contributed by atoms with van der Waals surface area (Å²) in [6.45, 7) is 14.0. The molecule has 0 heterocycles. The molecule has 0 bridgehead atoms. The number of hydrogen-bond acceptors (Lipinski definition) is 3. The Hall–Kier alpha value is -1.06. The maximum Gasteiger partial charge on any atom is 0.123 e. The molecule has 3 nitrogen and oxygen atoms in total. The molecule has 21 heavy (non-hydrogen) atoms. The largest absolute Gasteiger partial charge is 0.491 e. The van der Waals surface area contributed by atoms with Gasteiger partial charge in [-0.3, -0.25) is 0 Å². The van der Waals surface area contributed by atoms with E-state index in [1.807, 2.05) is 12.1 Å². The van der Waals surface area contributed by atoms with Crippen molar-refractivity contribution < 1.29 is 9.47 Å². The van der Waals surface area contributed by atoms with Crippen molar-refractivity contribution in [1.82, 2.24) is 5.32 Å². The molecule has 0 saturated carbocycles. The highest BCUT2D eigenvalue weighted by atomic mass is 16.5. The summed E-state index contributed by atoms with van der Waals surface area (Å²) in [7, 11) is 0. The van der Waals surface area contributed by atoms with Crippen LogP contribution in [0.5, 0.6) is 5.75 Å². The van der Waals surface area contributed by atoms with Crippen LogP contribution in [0.25, 0.3) is 0 Å². The van der Waals surface area contributed by atoms with Gasteiger partial charge in [0.25, 0.3) is 0 Å². The molecule has 0 fully saturated rings. The lowest BCUT2D eigenvalue weighted by atomic mass is 10.1. The molecule has 0 aromatic heterocycles. The molecule has 0 amide bonds. The second-order valence-electron chi connectivity index (χ2n) is 6.30. The normalized spacial score (nSPS) is 12.9. The average Bonchev–Trinajstić information content (AvgIpc) is 2.44. The minimum atomic E-state index is 0.275. The van der Waals surface area contributed by atoms with Gasteiger partial charge in [0.1, 0.15) is 12.4 Å². The van der Waals surface area contributed by atoms with Gasteiger partial charge in [-0.15, -0.1) is 0 Å². The van der Waals surface area contributed by atoms with Crippen molar-refractivity contribution in [2.24, 2.45) is 11.8 Å². The van der Waals surface area contributed by atoms with E-state index in [1.54, 1.807) is 0 Å². The van der Waals surface area contributed by atoms with Crippen molar-refractivity contribution in [3.8, 4) is 5.75 Å². The fourth-order valence-corrected chi connectivity index (χ4v) is 1.86. The number of rotatable bonds is 10. The molecule has 0 aliphatic rings. The standard InChI is InChI=1S/C18H31NO2/c1-14(2)12-19-13-17-8-6-7-9-18(17)21-11-10-20-16(5)15(3)4/h6-9,14-16,19H,10-13H2,1-5H3. The van der Waals surface area contributed by atoms with Crippen LogP contribution in [0, 0.1) is 11.8 Å². The van der Waals surface area contributed by atoms with Crippen molar-refractivity contribution in [3.63, 3.8) is 0 Å². The Kier molecular flexibility index (Phi) is 8.40. The topological polar surface area (TPSA) is 30.5 Å². The third-order valence-corrected chi connectivity index (χ3v) is 3.50. The van der Waals surface area contributed by atoms with Gasteiger partial charge in [0.15, 0.2) is 0 Å². The minimum absolute atomic E-state index is 0.275. The molecule has 3 heteroatoms. The molecule has 1 rings (SSSR count). The van der Waals surface area contributed by atoms with Crippen LogP contribution in [-0.2, 0) is 11.3 Å². The number of nitrogens with one attached hydrogen (secondary N) is 1. The average molecular weight is 293 g/mol. The first-order chi connectivity index (χ1) is 10.0. The van der Waals surface area contributed by atoms with E-state index in [-0.39, 0.29) is 6.10 Å². The fraction of sp³-hybridized carbons (Fsp3) is 0.667. The maximum atomic E-state index is 5.86. The zero-order valence-electron chi connectivity index (χ0n) is 14.2. The molecule has 1 unspecified atom stereocenters. The van der Waals surface area contributed by atoms with Gasteiger partial charge < -0.3 is 14.8 Å². The van der Waals surface area contributed by atoms with Crippen molar-refractivity contribution in [2.75, 3.05) is 19.8 Å². The van der Waals surface area contributed by atoms with Crippen LogP contribution in [-0.4, -0.2) is 25.9 Å². The zero-order chi connectivity index (χ0) is 15.7. The molecule has 0 aliphatic heterocycles. The Morgan fingerprint density at radius 3 is 2.38 bits per heavy atom. The van der Waals surface area contributed by atoms with E-state index in [2.05, 4.69) is 52.1 Å². The lowest BCUT2D eigenvalue weighted by Crippen LogP contribution is -2.21. The Morgan fingerprint density at radius 2 is 1.71 bits per heavy atom. The molecular formula is C18H31NO2. The summed E-state index contributed by atoms with van der Waals surface area (Å²) in [6.07, 6.45) is 0.275. The molecule has 1 atom stereocenters. The highest BCUT2D eigenvalue weighted by molar-refractivity contribution is 5.33. The summed E-state index contributed by atoms with van der Waals surface area (Å²) in [5.41, 5.74) is 1.20. The van der Waals surface area contributed by atoms with Crippen LogP contribution >= 0.6 is 0 Å². The molecular weight excluding hydrogens is 262 g/mol. The molecule has 1 N–H and O–H groups in total. The van der Waals surface area contributed by atoms with Crippen molar-refractivity contribution in [3.05, 3.63) is 29.8 Å². The van der Waals surface area contributed by atoms with Crippen molar-refractivity contribution in [1.29, 1.82) is 0 Å². The van der Waals surface area contributed by atoms with Gasteiger partial charge in [0, 0.05) is 12.1 Å². The Bertz CT molecular complexity index is 391. The number of ether oxygens (including phenoxy) is 2. The smallest absolute Gasteiger partial charge is 0.123 e. The fourth-order valence-electron chi connectivity index (χ4n) is 1.86. The van der Waals surface area contributed by atoms with Crippen LogP contribution in [0.4, 0.5) is 0 Å². The van der Waals surface area contributed by atoms with Gasteiger partial charge >= 0.3 is 0 Å². The second kappa shape index (κ2) is 9.80. The lowest BCUT2D eigenvalue weighted by Gasteiger charge is -2.17. The SMILES string of the molecule is CC(C)CNCc1ccccc1OCCOC(C)C(C)C. The first-order valence-corrected chi connectivity index (χ1v) is 8.03. The molecule has 0 aliphatic carbocycles. The van der Waals surface area contributed by atoms with E-state index in [9.17, 15) is 0 Å². The van der Waals surface area contributed by atoms with Gasteiger partial charge in [-0.05, 0) is 31.4 Å². The molecule has 0 radical (unpaired) electrons. The molecule has 1 aromatic rings. The first kappa shape index (κ1) is 18.0. The Balaban J connectivity index is 2.37. The van der Waals surface area contributed by atoms with E-state index >= 15 is 0 Å². The Labute approximate surface area is 130 Å². The van der Waals surface area contributed by atoms with E-state index in [0.29, 0.717) is 25.0 Å². The van der Waals surface area contributed by atoms with E-state index in [0.717, 1.165) is 18.8 Å². The van der Waals surface area contributed by atoms with Crippen LogP contribution in [0.2, 0.25) is 0 Å². The van der Waals surface area contributed by atoms with Gasteiger partial charge in [-0.2, -0.15) is 0 Å². The molecule has 0 saturated heterocycles. The summed E-state index contributed by atoms with van der Waals surface area (Å²) >= 11 is 0. The highest BCUT2D eigenvalue weighted by Gasteiger charge is 2.07.